The topological polar surface area (TPSA) is 79.4 Å². The van der Waals surface area contributed by atoms with Gasteiger partial charge in [-0.1, -0.05) is 18.5 Å². The lowest BCUT2D eigenvalue weighted by Crippen LogP contribution is -2.42. The number of sulfonamides is 1. The Kier molecular flexibility index (Phi) is 5.91. The lowest BCUT2D eigenvalue weighted by Gasteiger charge is -2.21. The van der Waals surface area contributed by atoms with Crippen molar-refractivity contribution in [2.75, 3.05) is 13.1 Å². The van der Waals surface area contributed by atoms with Crippen molar-refractivity contribution in [1.29, 1.82) is 0 Å². The summed E-state index contributed by atoms with van der Waals surface area (Å²) in [4.78, 5) is 15.4. The molecule has 1 aromatic rings. The predicted molar refractivity (Wildman–Crippen MR) is 77.0 cm³/mol. The number of likely N-dealkylation sites (N-methyl/N-ethyl adjacent to an activating group) is 1. The van der Waals surface area contributed by atoms with E-state index in [1.54, 1.807) is 20.8 Å². The number of amides is 1. The fraction of sp³-hybridized carbons (Fsp3) is 0.500. The maximum absolute atomic E-state index is 12.4. The summed E-state index contributed by atoms with van der Waals surface area (Å²) in [5.41, 5.74) is 0. The normalized spacial score (nSPS) is 11.9. The molecule has 0 aliphatic carbocycles. The number of aromatic nitrogens is 1. The first-order valence-corrected chi connectivity index (χ1v) is 8.00. The molecule has 0 aromatic carbocycles. The molecule has 0 saturated carbocycles. The van der Waals surface area contributed by atoms with E-state index >= 15 is 0 Å². The van der Waals surface area contributed by atoms with Crippen LogP contribution in [0.1, 0.15) is 20.8 Å². The molecule has 8 heteroatoms. The second kappa shape index (κ2) is 7.01. The maximum Gasteiger partial charge on any atom is 0.246 e. The molecule has 6 nitrogen and oxygen atoms in total. The Hall–Kier alpha value is -1.18. The molecule has 0 unspecified atom stereocenters. The van der Waals surface area contributed by atoms with Crippen molar-refractivity contribution in [3.05, 3.63) is 23.5 Å². The molecule has 1 aromatic heterocycles. The Balaban J connectivity index is 3.00. The summed E-state index contributed by atoms with van der Waals surface area (Å²) in [6, 6.07) is 2.81. The molecule has 0 spiro atoms. The molecule has 0 atom stereocenters. The van der Waals surface area contributed by atoms with Crippen LogP contribution in [-0.4, -0.2) is 42.7 Å². The van der Waals surface area contributed by atoms with Crippen molar-refractivity contribution in [1.82, 2.24) is 14.6 Å². The molecular formula is C12H18ClN3O3S. The van der Waals surface area contributed by atoms with Crippen LogP contribution in [0, 0.1) is 0 Å². The number of hydrogen-bond donors (Lipinski definition) is 1. The third-order valence-electron chi connectivity index (χ3n) is 2.47. The SMILES string of the molecule is CCN(CC(=O)NC(C)C)S(=O)(=O)c1cccnc1Cl. The van der Waals surface area contributed by atoms with E-state index in [2.05, 4.69) is 10.3 Å². The van der Waals surface area contributed by atoms with Crippen molar-refractivity contribution in [2.24, 2.45) is 0 Å². The first-order chi connectivity index (χ1) is 9.28. The minimum Gasteiger partial charge on any atom is -0.353 e. The molecule has 0 radical (unpaired) electrons. The zero-order valence-electron chi connectivity index (χ0n) is 11.6. The fourth-order valence-electron chi connectivity index (χ4n) is 1.60. The molecule has 0 aliphatic rings. The smallest absolute Gasteiger partial charge is 0.246 e. The summed E-state index contributed by atoms with van der Waals surface area (Å²) in [7, 11) is -3.83. The molecule has 1 rings (SSSR count). The van der Waals surface area contributed by atoms with Gasteiger partial charge in [0.1, 0.15) is 10.0 Å². The molecule has 0 saturated heterocycles. The third kappa shape index (κ3) is 4.16. The van der Waals surface area contributed by atoms with Crippen LogP contribution in [0.15, 0.2) is 23.2 Å². The van der Waals surface area contributed by atoms with Gasteiger partial charge in [0, 0.05) is 18.8 Å². The highest BCUT2D eigenvalue weighted by atomic mass is 35.5. The number of rotatable bonds is 6. The van der Waals surface area contributed by atoms with Crippen LogP contribution >= 0.6 is 11.6 Å². The lowest BCUT2D eigenvalue weighted by atomic mass is 10.4. The average Bonchev–Trinajstić information content (AvgIpc) is 2.35. The van der Waals surface area contributed by atoms with E-state index in [1.165, 1.54) is 18.3 Å². The monoisotopic (exact) mass is 319 g/mol. The van der Waals surface area contributed by atoms with E-state index in [9.17, 15) is 13.2 Å². The minimum absolute atomic E-state index is 0.0501. The molecule has 1 amide bonds. The van der Waals surface area contributed by atoms with Gasteiger partial charge in [-0.2, -0.15) is 4.31 Å². The van der Waals surface area contributed by atoms with Gasteiger partial charge in [0.25, 0.3) is 0 Å². The summed E-state index contributed by atoms with van der Waals surface area (Å²) in [5.74, 6) is -0.356. The maximum atomic E-state index is 12.4. The van der Waals surface area contributed by atoms with Gasteiger partial charge in [-0.3, -0.25) is 4.79 Å². The zero-order valence-corrected chi connectivity index (χ0v) is 13.2. The Morgan fingerprint density at radius 3 is 2.65 bits per heavy atom. The number of carbonyl (C=O) groups is 1. The predicted octanol–water partition coefficient (Wildman–Crippen LogP) is 1.27. The number of halogens is 1. The molecular weight excluding hydrogens is 302 g/mol. The van der Waals surface area contributed by atoms with Crippen molar-refractivity contribution >= 4 is 27.5 Å². The highest BCUT2D eigenvalue weighted by Gasteiger charge is 2.27. The Labute approximate surface area is 124 Å². The number of carbonyl (C=O) groups excluding carboxylic acids is 1. The second-order valence-electron chi connectivity index (χ2n) is 4.45. The molecule has 0 fully saturated rings. The molecule has 1 N–H and O–H groups in total. The second-order valence-corrected chi connectivity index (χ2v) is 6.71. The Morgan fingerprint density at radius 2 is 2.15 bits per heavy atom. The van der Waals surface area contributed by atoms with Gasteiger partial charge in [0.05, 0.1) is 6.54 Å². The van der Waals surface area contributed by atoms with Crippen molar-refractivity contribution in [3.63, 3.8) is 0 Å². The molecule has 112 valence electrons. The summed E-state index contributed by atoms with van der Waals surface area (Å²) in [6.07, 6.45) is 1.41. The van der Waals surface area contributed by atoms with Crippen LogP contribution in [0.4, 0.5) is 0 Å². The molecule has 1 heterocycles. The van der Waals surface area contributed by atoms with Crippen LogP contribution in [-0.2, 0) is 14.8 Å². The number of hydrogen-bond acceptors (Lipinski definition) is 4. The Morgan fingerprint density at radius 1 is 1.50 bits per heavy atom. The van der Waals surface area contributed by atoms with Crippen LogP contribution in [0.25, 0.3) is 0 Å². The lowest BCUT2D eigenvalue weighted by molar-refractivity contribution is -0.121. The molecule has 0 aliphatic heterocycles. The van der Waals surface area contributed by atoms with Crippen molar-refractivity contribution < 1.29 is 13.2 Å². The van der Waals surface area contributed by atoms with E-state index in [1.807, 2.05) is 0 Å². The van der Waals surface area contributed by atoms with Gasteiger partial charge in [0.2, 0.25) is 15.9 Å². The van der Waals surface area contributed by atoms with Crippen LogP contribution in [0.2, 0.25) is 5.15 Å². The summed E-state index contributed by atoms with van der Waals surface area (Å²) < 4.78 is 25.9. The number of pyridine rings is 1. The van der Waals surface area contributed by atoms with E-state index in [0.717, 1.165) is 4.31 Å². The third-order valence-corrected chi connectivity index (χ3v) is 4.83. The van der Waals surface area contributed by atoms with E-state index in [0.29, 0.717) is 0 Å². The van der Waals surface area contributed by atoms with Gasteiger partial charge >= 0.3 is 0 Å². The fourth-order valence-corrected chi connectivity index (χ4v) is 3.43. The van der Waals surface area contributed by atoms with Crippen LogP contribution in [0.3, 0.4) is 0 Å². The van der Waals surface area contributed by atoms with Gasteiger partial charge in [-0.25, -0.2) is 13.4 Å². The first kappa shape index (κ1) is 16.9. The van der Waals surface area contributed by atoms with Gasteiger partial charge < -0.3 is 5.32 Å². The van der Waals surface area contributed by atoms with Crippen molar-refractivity contribution in [3.8, 4) is 0 Å². The van der Waals surface area contributed by atoms with Gasteiger partial charge in [-0.05, 0) is 26.0 Å². The number of nitrogens with one attached hydrogen (secondary N) is 1. The summed E-state index contributed by atoms with van der Waals surface area (Å²) in [6.45, 7) is 5.19. The van der Waals surface area contributed by atoms with E-state index in [-0.39, 0.29) is 35.1 Å². The molecule has 0 bridgehead atoms. The highest BCUT2D eigenvalue weighted by molar-refractivity contribution is 7.89. The van der Waals surface area contributed by atoms with E-state index < -0.39 is 10.0 Å². The summed E-state index contributed by atoms with van der Waals surface area (Å²) >= 11 is 5.81. The quantitative estimate of drug-likeness (QED) is 0.801. The van der Waals surface area contributed by atoms with Crippen molar-refractivity contribution in [2.45, 2.75) is 31.7 Å². The highest BCUT2D eigenvalue weighted by Crippen LogP contribution is 2.21. The zero-order chi connectivity index (χ0) is 15.3. The first-order valence-electron chi connectivity index (χ1n) is 6.19. The number of nitrogens with zero attached hydrogens (tertiary/aromatic N) is 2. The van der Waals surface area contributed by atoms with E-state index in [4.69, 9.17) is 11.6 Å². The van der Waals surface area contributed by atoms with Gasteiger partial charge in [0.15, 0.2) is 0 Å². The van der Waals surface area contributed by atoms with Crippen LogP contribution in [0.5, 0.6) is 0 Å². The largest absolute Gasteiger partial charge is 0.353 e. The molecule has 20 heavy (non-hydrogen) atoms. The summed E-state index contributed by atoms with van der Waals surface area (Å²) in [5, 5.41) is 2.55. The standard InChI is InChI=1S/C12H18ClN3O3S/c1-4-16(8-11(17)15-9(2)3)20(18,19)10-6-5-7-14-12(10)13/h5-7,9H,4,8H2,1-3H3,(H,15,17). The van der Waals surface area contributed by atoms with Gasteiger partial charge in [-0.15, -0.1) is 0 Å². The Bertz CT molecular complexity index is 575. The van der Waals surface area contributed by atoms with Crippen LogP contribution < -0.4 is 5.32 Å². The minimum atomic E-state index is -3.83. The average molecular weight is 320 g/mol.